The Kier molecular flexibility index (Phi) is 40.9. The third-order valence-electron chi connectivity index (χ3n) is 9.81. The number of phosphoric ester groups is 1. The van der Waals surface area contributed by atoms with Gasteiger partial charge in [0.25, 0.3) is 0 Å². The van der Waals surface area contributed by atoms with Crippen LogP contribution < -0.4 is 5.73 Å². The van der Waals surface area contributed by atoms with Gasteiger partial charge in [0.1, 0.15) is 6.61 Å². The predicted molar refractivity (Wildman–Crippen MR) is 229 cm³/mol. The van der Waals surface area contributed by atoms with Crippen LogP contribution >= 0.6 is 7.82 Å². The largest absolute Gasteiger partial charge is 0.472 e. The average Bonchev–Trinajstić information content (AvgIpc) is 3.17. The lowest BCUT2D eigenvalue weighted by Gasteiger charge is -2.19. The molecule has 0 rings (SSSR count). The van der Waals surface area contributed by atoms with Crippen LogP contribution in [0.4, 0.5) is 0 Å². The molecule has 0 aliphatic rings. The molecule has 0 aliphatic carbocycles. The number of rotatable bonds is 43. The average molecular weight is 800 g/mol. The lowest BCUT2D eigenvalue weighted by atomic mass is 10.0. The second kappa shape index (κ2) is 42.1. The third kappa shape index (κ3) is 41.9. The SMILES string of the molecule is CCCCCCC=CCCCCCCCC(=O)OC(COC(=O)CCCCCCCCCCCCCC=CCCCCCCCC)COP(=O)(O)OCCN. The van der Waals surface area contributed by atoms with Crippen LogP contribution in [0.5, 0.6) is 0 Å². The molecule has 55 heavy (non-hydrogen) atoms. The van der Waals surface area contributed by atoms with Gasteiger partial charge in [-0.25, -0.2) is 4.57 Å². The van der Waals surface area contributed by atoms with E-state index in [1.807, 2.05) is 0 Å². The summed E-state index contributed by atoms with van der Waals surface area (Å²) in [5.41, 5.74) is 5.35. The summed E-state index contributed by atoms with van der Waals surface area (Å²) in [6.07, 6.45) is 45.0. The van der Waals surface area contributed by atoms with E-state index >= 15 is 0 Å². The number of esters is 2. The molecule has 0 aromatic carbocycles. The van der Waals surface area contributed by atoms with E-state index in [-0.39, 0.29) is 38.6 Å². The first kappa shape index (κ1) is 53.5. The number of hydrogen-bond donors (Lipinski definition) is 2. The summed E-state index contributed by atoms with van der Waals surface area (Å²) in [6.45, 7) is 3.72. The second-order valence-electron chi connectivity index (χ2n) is 15.3. The van der Waals surface area contributed by atoms with Crippen molar-refractivity contribution < 1.29 is 37.6 Å². The summed E-state index contributed by atoms with van der Waals surface area (Å²) in [5.74, 6) is -0.833. The van der Waals surface area contributed by atoms with E-state index in [9.17, 15) is 19.0 Å². The van der Waals surface area contributed by atoms with E-state index in [4.69, 9.17) is 24.3 Å². The lowest BCUT2D eigenvalue weighted by Crippen LogP contribution is -2.29. The standard InChI is InChI=1S/C45H86NO8P/c1-3-5-7-9-11-13-15-17-18-19-20-21-22-23-24-26-27-29-31-33-35-37-44(47)51-41-43(42-53-55(49,50)52-40-39-46)54-45(48)38-36-34-32-30-28-25-16-14-12-10-8-6-4-2/h14,16-18,43H,3-13,15,19-42,46H2,1-2H3,(H,49,50). The van der Waals surface area contributed by atoms with Crippen molar-refractivity contribution in [2.45, 2.75) is 225 Å². The zero-order valence-corrected chi connectivity index (χ0v) is 36.6. The summed E-state index contributed by atoms with van der Waals surface area (Å²) >= 11 is 0. The normalized spacial score (nSPS) is 13.5. The Morgan fingerprint density at radius 3 is 1.31 bits per heavy atom. The maximum atomic E-state index is 12.6. The van der Waals surface area contributed by atoms with Crippen molar-refractivity contribution in [2.75, 3.05) is 26.4 Å². The molecule has 0 bridgehead atoms. The molecule has 0 heterocycles. The fourth-order valence-electron chi connectivity index (χ4n) is 6.39. The lowest BCUT2D eigenvalue weighted by molar-refractivity contribution is -0.161. The van der Waals surface area contributed by atoms with Gasteiger partial charge in [-0.3, -0.25) is 18.6 Å². The quantitative estimate of drug-likeness (QED) is 0.0267. The van der Waals surface area contributed by atoms with E-state index in [0.717, 1.165) is 51.4 Å². The van der Waals surface area contributed by atoms with Gasteiger partial charge in [-0.15, -0.1) is 0 Å². The Morgan fingerprint density at radius 1 is 0.527 bits per heavy atom. The number of carbonyl (C=O) groups excluding carboxylic acids is 2. The molecule has 0 aromatic rings. The van der Waals surface area contributed by atoms with Gasteiger partial charge in [-0.1, -0.05) is 167 Å². The molecule has 3 N–H and O–H groups in total. The number of carbonyl (C=O) groups is 2. The molecular weight excluding hydrogens is 713 g/mol. The first-order valence-electron chi connectivity index (χ1n) is 22.8. The van der Waals surface area contributed by atoms with Crippen LogP contribution in [0.25, 0.3) is 0 Å². The molecule has 0 saturated heterocycles. The third-order valence-corrected chi connectivity index (χ3v) is 10.8. The van der Waals surface area contributed by atoms with Crippen molar-refractivity contribution in [3.8, 4) is 0 Å². The first-order valence-corrected chi connectivity index (χ1v) is 24.3. The summed E-state index contributed by atoms with van der Waals surface area (Å²) in [7, 11) is -4.38. The Balaban J connectivity index is 4.06. The zero-order chi connectivity index (χ0) is 40.3. The fraction of sp³-hybridized carbons (Fsp3) is 0.867. The molecule has 0 aromatic heterocycles. The molecule has 0 fully saturated rings. The summed E-state index contributed by atoms with van der Waals surface area (Å²) < 4.78 is 32.8. The number of ether oxygens (including phenoxy) is 2. The number of phosphoric acid groups is 1. The van der Waals surface area contributed by atoms with E-state index in [2.05, 4.69) is 38.2 Å². The Hall–Kier alpha value is -1.51. The van der Waals surface area contributed by atoms with Gasteiger partial charge in [0.05, 0.1) is 13.2 Å². The van der Waals surface area contributed by atoms with Gasteiger partial charge in [0.2, 0.25) is 0 Å². The number of allylic oxidation sites excluding steroid dienone is 4. The molecule has 0 aliphatic heterocycles. The monoisotopic (exact) mass is 800 g/mol. The van der Waals surface area contributed by atoms with Gasteiger partial charge in [-0.05, 0) is 64.2 Å². The maximum Gasteiger partial charge on any atom is 0.472 e. The molecule has 324 valence electrons. The number of hydrogen-bond acceptors (Lipinski definition) is 8. The van der Waals surface area contributed by atoms with Crippen molar-refractivity contribution >= 4 is 19.8 Å². The molecule has 2 unspecified atom stereocenters. The maximum absolute atomic E-state index is 12.6. The van der Waals surface area contributed by atoms with E-state index in [1.165, 1.54) is 135 Å². The number of unbranched alkanes of at least 4 members (excludes halogenated alkanes) is 26. The molecule has 10 heteroatoms. The number of nitrogens with two attached hydrogens (primary N) is 1. The molecule has 0 amide bonds. The second-order valence-corrected chi connectivity index (χ2v) is 16.7. The summed E-state index contributed by atoms with van der Waals surface area (Å²) in [4.78, 5) is 34.9. The van der Waals surface area contributed by atoms with Crippen LogP contribution in [0.15, 0.2) is 24.3 Å². The van der Waals surface area contributed by atoms with Crippen LogP contribution in [-0.2, 0) is 32.7 Å². The summed E-state index contributed by atoms with van der Waals surface area (Å²) in [6, 6.07) is 0. The van der Waals surface area contributed by atoms with Crippen molar-refractivity contribution in [3.63, 3.8) is 0 Å². The van der Waals surface area contributed by atoms with E-state index in [1.54, 1.807) is 0 Å². The Labute approximate surface area is 338 Å². The molecule has 9 nitrogen and oxygen atoms in total. The van der Waals surface area contributed by atoms with E-state index in [0.29, 0.717) is 6.42 Å². The van der Waals surface area contributed by atoms with Crippen LogP contribution in [0.1, 0.15) is 219 Å². The van der Waals surface area contributed by atoms with Crippen LogP contribution in [0, 0.1) is 0 Å². The highest BCUT2D eigenvalue weighted by molar-refractivity contribution is 7.47. The highest BCUT2D eigenvalue weighted by atomic mass is 31.2. The zero-order valence-electron chi connectivity index (χ0n) is 35.7. The minimum atomic E-state index is -4.38. The predicted octanol–water partition coefficient (Wildman–Crippen LogP) is 13.2. The topological polar surface area (TPSA) is 134 Å². The highest BCUT2D eigenvalue weighted by Gasteiger charge is 2.26. The van der Waals surface area contributed by atoms with Gasteiger partial charge >= 0.3 is 19.8 Å². The van der Waals surface area contributed by atoms with E-state index < -0.39 is 26.5 Å². The highest BCUT2D eigenvalue weighted by Crippen LogP contribution is 2.43. The van der Waals surface area contributed by atoms with Crippen molar-refractivity contribution in [1.82, 2.24) is 0 Å². The van der Waals surface area contributed by atoms with Crippen molar-refractivity contribution in [1.29, 1.82) is 0 Å². The molecule has 2 atom stereocenters. The summed E-state index contributed by atoms with van der Waals surface area (Å²) in [5, 5.41) is 0. The van der Waals surface area contributed by atoms with Gasteiger partial charge in [0.15, 0.2) is 6.10 Å². The molecule has 0 spiro atoms. The minimum absolute atomic E-state index is 0.0532. The van der Waals surface area contributed by atoms with Crippen molar-refractivity contribution in [2.24, 2.45) is 5.73 Å². The Morgan fingerprint density at radius 2 is 0.891 bits per heavy atom. The first-order chi connectivity index (χ1) is 26.8. The molecule has 0 radical (unpaired) electrons. The van der Waals surface area contributed by atoms with Crippen LogP contribution in [0.2, 0.25) is 0 Å². The van der Waals surface area contributed by atoms with Crippen LogP contribution in [0.3, 0.4) is 0 Å². The smallest absolute Gasteiger partial charge is 0.462 e. The Bertz CT molecular complexity index is 959. The van der Waals surface area contributed by atoms with Gasteiger partial charge < -0.3 is 20.1 Å². The fourth-order valence-corrected chi connectivity index (χ4v) is 7.15. The van der Waals surface area contributed by atoms with Crippen LogP contribution in [-0.4, -0.2) is 49.3 Å². The minimum Gasteiger partial charge on any atom is -0.462 e. The van der Waals surface area contributed by atoms with Crippen molar-refractivity contribution in [3.05, 3.63) is 24.3 Å². The molecule has 0 saturated carbocycles. The molecular formula is C45H86NO8P. The van der Waals surface area contributed by atoms with Gasteiger partial charge in [-0.2, -0.15) is 0 Å². The van der Waals surface area contributed by atoms with Gasteiger partial charge in [0, 0.05) is 19.4 Å².